The molecule has 0 fully saturated rings. The number of ether oxygens (including phenoxy) is 2. The van der Waals surface area contributed by atoms with Crippen LogP contribution in [0.2, 0.25) is 0 Å². The molecule has 0 spiro atoms. The standard InChI is InChI=1S/C19H29BrO4/c1-3-5-6-7-8-9-10-11-12-24-17-14-15(19(22)23-4-2)13-16(21)18(17)20/h13-14,21H,3-12H2,1-2H3. The molecule has 136 valence electrons. The van der Waals surface area contributed by atoms with E-state index in [2.05, 4.69) is 22.9 Å². The Labute approximate surface area is 153 Å². The number of esters is 1. The summed E-state index contributed by atoms with van der Waals surface area (Å²) in [6.45, 7) is 4.84. The summed E-state index contributed by atoms with van der Waals surface area (Å²) < 4.78 is 11.1. The van der Waals surface area contributed by atoms with Gasteiger partial charge in [-0.2, -0.15) is 0 Å². The second kappa shape index (κ2) is 12.2. The molecule has 4 nitrogen and oxygen atoms in total. The van der Waals surface area contributed by atoms with Gasteiger partial charge >= 0.3 is 5.97 Å². The number of unbranched alkanes of at least 4 members (excludes halogenated alkanes) is 7. The van der Waals surface area contributed by atoms with Crippen LogP contribution >= 0.6 is 15.9 Å². The molecule has 0 atom stereocenters. The van der Waals surface area contributed by atoms with Gasteiger partial charge in [0.15, 0.2) is 0 Å². The first-order valence-corrected chi connectivity index (χ1v) is 9.71. The zero-order chi connectivity index (χ0) is 17.8. The molecule has 1 aromatic rings. The molecular formula is C19H29BrO4. The van der Waals surface area contributed by atoms with E-state index in [0.29, 0.717) is 29.0 Å². The predicted molar refractivity (Wildman–Crippen MR) is 99.9 cm³/mol. The van der Waals surface area contributed by atoms with Crippen molar-refractivity contribution in [3.63, 3.8) is 0 Å². The third kappa shape index (κ3) is 7.56. The van der Waals surface area contributed by atoms with Gasteiger partial charge in [0.2, 0.25) is 0 Å². The number of hydrogen-bond donors (Lipinski definition) is 1. The Morgan fingerprint density at radius 1 is 1.04 bits per heavy atom. The van der Waals surface area contributed by atoms with Crippen molar-refractivity contribution >= 4 is 21.9 Å². The van der Waals surface area contributed by atoms with E-state index in [1.165, 1.54) is 44.6 Å². The average Bonchev–Trinajstić information content (AvgIpc) is 2.57. The van der Waals surface area contributed by atoms with Crippen LogP contribution in [0, 0.1) is 0 Å². The van der Waals surface area contributed by atoms with E-state index >= 15 is 0 Å². The fourth-order valence-corrected chi connectivity index (χ4v) is 2.78. The van der Waals surface area contributed by atoms with E-state index in [1.54, 1.807) is 13.0 Å². The predicted octanol–water partition coefficient (Wildman–Crippen LogP) is 5.85. The van der Waals surface area contributed by atoms with Gasteiger partial charge in [-0.1, -0.05) is 51.9 Å². The fourth-order valence-electron chi connectivity index (χ4n) is 2.44. The monoisotopic (exact) mass is 400 g/mol. The van der Waals surface area contributed by atoms with Crippen LogP contribution < -0.4 is 4.74 Å². The Morgan fingerprint density at radius 2 is 1.67 bits per heavy atom. The van der Waals surface area contributed by atoms with E-state index in [0.717, 1.165) is 12.8 Å². The van der Waals surface area contributed by atoms with Gasteiger partial charge in [0.05, 0.1) is 18.8 Å². The van der Waals surface area contributed by atoms with Crippen molar-refractivity contribution in [1.29, 1.82) is 0 Å². The molecule has 0 saturated carbocycles. The summed E-state index contributed by atoms with van der Waals surface area (Å²) in [5.41, 5.74) is 0.295. The van der Waals surface area contributed by atoms with Crippen LogP contribution in [0.1, 0.15) is 75.6 Å². The molecule has 0 bridgehead atoms. The lowest BCUT2D eigenvalue weighted by molar-refractivity contribution is 0.0525. The molecule has 0 amide bonds. The molecule has 0 aromatic heterocycles. The maximum Gasteiger partial charge on any atom is 0.338 e. The molecule has 1 N–H and O–H groups in total. The summed E-state index contributed by atoms with van der Waals surface area (Å²) in [7, 11) is 0. The van der Waals surface area contributed by atoms with Gasteiger partial charge in [0.1, 0.15) is 16.0 Å². The molecule has 0 radical (unpaired) electrons. The highest BCUT2D eigenvalue weighted by Gasteiger charge is 2.14. The van der Waals surface area contributed by atoms with Gasteiger partial charge in [-0.3, -0.25) is 0 Å². The van der Waals surface area contributed by atoms with E-state index in [4.69, 9.17) is 9.47 Å². The van der Waals surface area contributed by atoms with Crippen molar-refractivity contribution in [3.05, 3.63) is 22.2 Å². The lowest BCUT2D eigenvalue weighted by Gasteiger charge is -2.11. The van der Waals surface area contributed by atoms with E-state index in [9.17, 15) is 9.90 Å². The molecule has 0 unspecified atom stereocenters. The zero-order valence-electron chi connectivity index (χ0n) is 14.8. The number of carbonyl (C=O) groups is 1. The number of carbonyl (C=O) groups excluding carboxylic acids is 1. The van der Waals surface area contributed by atoms with Crippen molar-refractivity contribution in [2.45, 2.75) is 65.2 Å². The van der Waals surface area contributed by atoms with Crippen LogP contribution in [0.15, 0.2) is 16.6 Å². The van der Waals surface area contributed by atoms with E-state index in [-0.39, 0.29) is 5.75 Å². The van der Waals surface area contributed by atoms with E-state index in [1.807, 2.05) is 0 Å². The van der Waals surface area contributed by atoms with E-state index < -0.39 is 5.97 Å². The minimum Gasteiger partial charge on any atom is -0.507 e. The maximum absolute atomic E-state index is 11.8. The molecule has 1 rings (SSSR count). The topological polar surface area (TPSA) is 55.8 Å². The first-order chi connectivity index (χ1) is 11.6. The summed E-state index contributed by atoms with van der Waals surface area (Å²) in [6.07, 6.45) is 9.86. The molecular weight excluding hydrogens is 372 g/mol. The Bertz CT molecular complexity index is 502. The van der Waals surface area contributed by atoms with Crippen LogP contribution in [0.5, 0.6) is 11.5 Å². The van der Waals surface area contributed by atoms with Crippen LogP contribution in [0.4, 0.5) is 0 Å². The summed E-state index contributed by atoms with van der Waals surface area (Å²) in [5, 5.41) is 9.91. The highest BCUT2D eigenvalue weighted by molar-refractivity contribution is 9.10. The van der Waals surface area contributed by atoms with Gasteiger partial charge in [-0.05, 0) is 41.4 Å². The fraction of sp³-hybridized carbons (Fsp3) is 0.632. The van der Waals surface area contributed by atoms with Crippen molar-refractivity contribution in [1.82, 2.24) is 0 Å². The summed E-state index contributed by atoms with van der Waals surface area (Å²) in [4.78, 5) is 11.8. The normalized spacial score (nSPS) is 10.6. The number of aromatic hydroxyl groups is 1. The molecule has 0 aliphatic carbocycles. The Morgan fingerprint density at radius 3 is 2.29 bits per heavy atom. The maximum atomic E-state index is 11.8. The van der Waals surface area contributed by atoms with Crippen LogP contribution in [0.3, 0.4) is 0 Å². The van der Waals surface area contributed by atoms with Gasteiger partial charge in [0, 0.05) is 0 Å². The first kappa shape index (κ1) is 20.8. The van der Waals surface area contributed by atoms with Crippen molar-refractivity contribution in [2.24, 2.45) is 0 Å². The summed E-state index contributed by atoms with van der Waals surface area (Å²) in [5.74, 6) is -0.00953. The quantitative estimate of drug-likeness (QED) is 0.353. The molecule has 1 aromatic carbocycles. The number of phenols is 1. The second-order valence-electron chi connectivity index (χ2n) is 5.85. The van der Waals surface area contributed by atoms with Gasteiger partial charge in [0.25, 0.3) is 0 Å². The SMILES string of the molecule is CCCCCCCCCCOc1cc(C(=O)OCC)cc(O)c1Br. The van der Waals surface area contributed by atoms with Crippen LogP contribution in [-0.4, -0.2) is 24.3 Å². The number of halogens is 1. The van der Waals surface area contributed by atoms with Crippen LogP contribution in [0.25, 0.3) is 0 Å². The lowest BCUT2D eigenvalue weighted by Crippen LogP contribution is -2.06. The van der Waals surface area contributed by atoms with Crippen molar-refractivity contribution in [2.75, 3.05) is 13.2 Å². The molecule has 0 aliphatic heterocycles. The molecule has 0 heterocycles. The van der Waals surface area contributed by atoms with Crippen molar-refractivity contribution < 1.29 is 19.4 Å². The summed E-state index contributed by atoms with van der Waals surface area (Å²) >= 11 is 3.29. The number of hydrogen-bond acceptors (Lipinski definition) is 4. The third-order valence-corrected chi connectivity index (χ3v) is 4.58. The third-order valence-electron chi connectivity index (χ3n) is 3.79. The van der Waals surface area contributed by atoms with Gasteiger partial charge in [-0.15, -0.1) is 0 Å². The minimum absolute atomic E-state index is 0.0218. The highest BCUT2D eigenvalue weighted by atomic mass is 79.9. The zero-order valence-corrected chi connectivity index (χ0v) is 16.4. The largest absolute Gasteiger partial charge is 0.507 e. The number of benzene rings is 1. The molecule has 5 heteroatoms. The second-order valence-corrected chi connectivity index (χ2v) is 6.64. The Kier molecular flexibility index (Phi) is 10.6. The lowest BCUT2D eigenvalue weighted by atomic mass is 10.1. The highest BCUT2D eigenvalue weighted by Crippen LogP contribution is 2.35. The number of rotatable bonds is 12. The molecule has 0 saturated heterocycles. The smallest absolute Gasteiger partial charge is 0.338 e. The van der Waals surface area contributed by atoms with Crippen LogP contribution in [-0.2, 0) is 4.74 Å². The van der Waals surface area contributed by atoms with Gasteiger partial charge < -0.3 is 14.6 Å². The first-order valence-electron chi connectivity index (χ1n) is 8.92. The Balaban J connectivity index is 2.37. The number of phenolic OH excluding ortho intramolecular Hbond substituents is 1. The molecule has 24 heavy (non-hydrogen) atoms. The molecule has 0 aliphatic rings. The van der Waals surface area contributed by atoms with Crippen molar-refractivity contribution in [3.8, 4) is 11.5 Å². The minimum atomic E-state index is -0.461. The summed E-state index contributed by atoms with van der Waals surface area (Å²) in [6, 6.07) is 2.98. The van der Waals surface area contributed by atoms with Gasteiger partial charge in [-0.25, -0.2) is 4.79 Å². The average molecular weight is 401 g/mol. The Hall–Kier alpha value is -1.23.